The predicted molar refractivity (Wildman–Crippen MR) is 134 cm³/mol. The number of thioether (sulfide) groups is 1. The Kier molecular flexibility index (Phi) is 6.49. The van der Waals surface area contributed by atoms with Gasteiger partial charge in [0.15, 0.2) is 0 Å². The fourth-order valence-corrected chi connectivity index (χ4v) is 5.09. The minimum Gasteiger partial charge on any atom is -0.490 e. The molecule has 7 nitrogen and oxygen atoms in total. The topological polar surface area (TPSA) is 81.4 Å². The summed E-state index contributed by atoms with van der Waals surface area (Å²) in [5, 5.41) is 8.21. The Hall–Kier alpha value is -3.39. The first-order valence-corrected chi connectivity index (χ1v) is 12.5. The van der Waals surface area contributed by atoms with Gasteiger partial charge in [-0.25, -0.2) is 9.50 Å². The van der Waals surface area contributed by atoms with Gasteiger partial charge in [-0.15, -0.1) is 5.10 Å². The van der Waals surface area contributed by atoms with E-state index in [1.165, 1.54) is 24.6 Å². The van der Waals surface area contributed by atoms with E-state index in [2.05, 4.69) is 20.4 Å². The lowest BCUT2D eigenvalue weighted by molar-refractivity contribution is 0.102. The fourth-order valence-electron chi connectivity index (χ4n) is 4.26. The maximum atomic E-state index is 13.1. The van der Waals surface area contributed by atoms with Crippen LogP contribution in [0.4, 0.5) is 5.69 Å². The van der Waals surface area contributed by atoms with Crippen molar-refractivity contribution < 1.29 is 9.53 Å². The third-order valence-corrected chi connectivity index (χ3v) is 6.80. The van der Waals surface area contributed by atoms with Gasteiger partial charge in [0, 0.05) is 34.5 Å². The zero-order chi connectivity index (χ0) is 23.5. The molecule has 0 bridgehead atoms. The lowest BCUT2D eigenvalue weighted by Gasteiger charge is -2.14. The summed E-state index contributed by atoms with van der Waals surface area (Å²) in [6.07, 6.45) is 4.90. The minimum absolute atomic E-state index is 0.148. The summed E-state index contributed by atoms with van der Waals surface area (Å²) in [6.45, 7) is 3.93. The molecule has 1 N–H and O–H groups in total. The molecule has 34 heavy (non-hydrogen) atoms. The summed E-state index contributed by atoms with van der Waals surface area (Å²) < 4.78 is 7.82. The number of rotatable bonds is 7. The molecule has 2 aromatic carbocycles. The van der Waals surface area contributed by atoms with Crippen LogP contribution in [0.5, 0.6) is 5.75 Å². The molecular weight excluding hydrogens is 446 g/mol. The highest BCUT2D eigenvalue weighted by atomic mass is 32.2. The van der Waals surface area contributed by atoms with Crippen LogP contribution in [0.1, 0.15) is 53.0 Å². The summed E-state index contributed by atoms with van der Waals surface area (Å²) in [6, 6.07) is 17.2. The van der Waals surface area contributed by atoms with Crippen LogP contribution in [0.2, 0.25) is 0 Å². The van der Waals surface area contributed by atoms with Crippen LogP contribution in [0, 0.1) is 13.8 Å². The second-order valence-electron chi connectivity index (χ2n) is 8.60. The molecule has 0 saturated heterocycles. The van der Waals surface area contributed by atoms with Gasteiger partial charge in [0.05, 0.1) is 6.10 Å². The molecule has 2 aromatic heterocycles. The third kappa shape index (κ3) is 5.07. The molecule has 1 amide bonds. The number of anilines is 1. The number of carbonyl (C=O) groups excluding carboxylic acids is 1. The van der Waals surface area contributed by atoms with Crippen molar-refractivity contribution in [2.24, 2.45) is 0 Å². The molecule has 8 heteroatoms. The molecule has 4 aromatic rings. The van der Waals surface area contributed by atoms with Gasteiger partial charge >= 0.3 is 0 Å². The Morgan fingerprint density at radius 3 is 2.76 bits per heavy atom. The molecule has 1 saturated carbocycles. The smallest absolute Gasteiger partial charge is 0.255 e. The van der Waals surface area contributed by atoms with Crippen LogP contribution in [0.15, 0.2) is 59.8 Å². The Morgan fingerprint density at radius 1 is 1.09 bits per heavy atom. The monoisotopic (exact) mass is 473 g/mol. The van der Waals surface area contributed by atoms with Crippen molar-refractivity contribution in [2.45, 2.75) is 56.5 Å². The van der Waals surface area contributed by atoms with Crippen molar-refractivity contribution >= 4 is 29.1 Å². The number of hydrogen-bond donors (Lipinski definition) is 1. The van der Waals surface area contributed by atoms with Gasteiger partial charge < -0.3 is 10.1 Å². The van der Waals surface area contributed by atoms with Crippen LogP contribution >= 0.6 is 11.8 Å². The van der Waals surface area contributed by atoms with E-state index in [4.69, 9.17) is 4.74 Å². The standard InChI is InChI=1S/C26H27N5O2S/c1-17-14-18(2)31-25(27-17)29-26(30-31)34-16-19-8-3-6-13-23(19)24(32)28-20-9-7-12-22(15-20)33-21-10-4-5-11-21/h3,6-9,12-15,21H,4-5,10-11,16H2,1-2H3,(H,28,32). The number of fused-ring (bicyclic) bond motifs is 1. The van der Waals surface area contributed by atoms with E-state index >= 15 is 0 Å². The molecule has 0 radical (unpaired) electrons. The van der Waals surface area contributed by atoms with Gasteiger partial charge in [0.2, 0.25) is 5.16 Å². The molecule has 0 atom stereocenters. The summed E-state index contributed by atoms with van der Waals surface area (Å²) >= 11 is 1.49. The molecule has 5 rings (SSSR count). The molecule has 1 fully saturated rings. The van der Waals surface area contributed by atoms with E-state index in [9.17, 15) is 4.79 Å². The van der Waals surface area contributed by atoms with Crippen LogP contribution in [-0.4, -0.2) is 31.6 Å². The number of hydrogen-bond acceptors (Lipinski definition) is 6. The summed E-state index contributed by atoms with van der Waals surface area (Å²) in [4.78, 5) is 22.1. The molecule has 1 aliphatic rings. The van der Waals surface area contributed by atoms with Crippen LogP contribution in [-0.2, 0) is 5.75 Å². The number of carbonyl (C=O) groups is 1. The first kappa shape index (κ1) is 22.4. The average molecular weight is 474 g/mol. The summed E-state index contributed by atoms with van der Waals surface area (Å²) in [5.74, 6) is 1.81. The number of aromatic nitrogens is 4. The van der Waals surface area contributed by atoms with E-state index < -0.39 is 0 Å². The summed E-state index contributed by atoms with van der Waals surface area (Å²) in [5.41, 5.74) is 4.17. The maximum absolute atomic E-state index is 13.1. The van der Waals surface area contributed by atoms with Crippen molar-refractivity contribution in [3.8, 4) is 5.75 Å². The largest absolute Gasteiger partial charge is 0.490 e. The number of benzene rings is 2. The molecule has 1 aliphatic carbocycles. The maximum Gasteiger partial charge on any atom is 0.255 e. The number of nitrogens with zero attached hydrogens (tertiary/aromatic N) is 4. The average Bonchev–Trinajstić information content (AvgIpc) is 3.48. The highest BCUT2D eigenvalue weighted by Crippen LogP contribution is 2.27. The number of aryl methyl sites for hydroxylation is 2. The number of amides is 1. The molecule has 0 unspecified atom stereocenters. The second-order valence-corrected chi connectivity index (χ2v) is 9.54. The first-order valence-electron chi connectivity index (χ1n) is 11.5. The van der Waals surface area contributed by atoms with E-state index in [1.54, 1.807) is 4.52 Å². The second kappa shape index (κ2) is 9.85. The number of nitrogens with one attached hydrogen (secondary N) is 1. The van der Waals surface area contributed by atoms with Gasteiger partial charge in [-0.05, 0) is 69.4 Å². The lowest BCUT2D eigenvalue weighted by atomic mass is 10.1. The zero-order valence-electron chi connectivity index (χ0n) is 19.3. The molecular formula is C26H27N5O2S. The first-order chi connectivity index (χ1) is 16.5. The predicted octanol–water partition coefficient (Wildman–Crippen LogP) is 5.61. The van der Waals surface area contributed by atoms with Gasteiger partial charge in [0.1, 0.15) is 5.75 Å². The SMILES string of the molecule is Cc1cc(C)n2nc(SCc3ccccc3C(=O)Nc3cccc(OC4CCCC4)c3)nc2n1. The Morgan fingerprint density at radius 2 is 1.91 bits per heavy atom. The third-order valence-electron chi connectivity index (χ3n) is 5.91. The highest BCUT2D eigenvalue weighted by Gasteiger charge is 2.17. The van der Waals surface area contributed by atoms with Crippen LogP contribution < -0.4 is 10.1 Å². The highest BCUT2D eigenvalue weighted by molar-refractivity contribution is 7.98. The van der Waals surface area contributed by atoms with E-state index in [1.807, 2.05) is 68.4 Å². The van der Waals surface area contributed by atoms with Crippen molar-refractivity contribution in [3.05, 3.63) is 77.1 Å². The quantitative estimate of drug-likeness (QED) is 0.352. The molecule has 174 valence electrons. The van der Waals surface area contributed by atoms with Crippen LogP contribution in [0.25, 0.3) is 5.78 Å². The molecule has 0 spiro atoms. The van der Waals surface area contributed by atoms with Crippen molar-refractivity contribution in [2.75, 3.05) is 5.32 Å². The normalized spacial score (nSPS) is 13.9. The van der Waals surface area contributed by atoms with Crippen molar-refractivity contribution in [3.63, 3.8) is 0 Å². The van der Waals surface area contributed by atoms with Crippen molar-refractivity contribution in [1.29, 1.82) is 0 Å². The minimum atomic E-state index is -0.148. The van der Waals surface area contributed by atoms with Gasteiger partial charge in [-0.3, -0.25) is 4.79 Å². The Bertz CT molecular complexity index is 1330. The van der Waals surface area contributed by atoms with E-state index in [0.717, 1.165) is 41.2 Å². The molecule has 0 aliphatic heterocycles. The Labute approximate surface area is 203 Å². The van der Waals surface area contributed by atoms with Crippen LogP contribution in [0.3, 0.4) is 0 Å². The van der Waals surface area contributed by atoms with Crippen molar-refractivity contribution in [1.82, 2.24) is 19.6 Å². The Balaban J connectivity index is 1.28. The molecule has 2 heterocycles. The van der Waals surface area contributed by atoms with E-state index in [0.29, 0.717) is 22.3 Å². The summed E-state index contributed by atoms with van der Waals surface area (Å²) in [7, 11) is 0. The zero-order valence-corrected chi connectivity index (χ0v) is 20.1. The van der Waals surface area contributed by atoms with Gasteiger partial charge in [0.25, 0.3) is 11.7 Å². The lowest BCUT2D eigenvalue weighted by Crippen LogP contribution is -2.15. The number of ether oxygens (including phenoxy) is 1. The van der Waals surface area contributed by atoms with E-state index in [-0.39, 0.29) is 12.0 Å². The fraction of sp³-hybridized carbons (Fsp3) is 0.308. The van der Waals surface area contributed by atoms with Gasteiger partial charge in [-0.1, -0.05) is 36.0 Å². The van der Waals surface area contributed by atoms with Gasteiger partial charge in [-0.2, -0.15) is 4.98 Å².